The number of carbonyl (C=O) groups excluding carboxylic acids is 3. The van der Waals surface area contributed by atoms with Crippen LogP contribution in [-0.2, 0) is 4.74 Å². The van der Waals surface area contributed by atoms with Crippen molar-refractivity contribution in [2.24, 2.45) is 0 Å². The molecule has 1 aromatic heterocycles. The second kappa shape index (κ2) is 6.44. The summed E-state index contributed by atoms with van der Waals surface area (Å²) in [6.45, 7) is 0. The molecule has 1 heterocycles. The smallest absolute Gasteiger partial charge is 0.341 e. The summed E-state index contributed by atoms with van der Waals surface area (Å²) in [4.78, 5) is 35.9. The van der Waals surface area contributed by atoms with Gasteiger partial charge in [-0.2, -0.15) is 0 Å². The minimum absolute atomic E-state index is 0.119. The van der Waals surface area contributed by atoms with E-state index in [0.717, 1.165) is 0 Å². The second-order valence-corrected chi connectivity index (χ2v) is 4.70. The minimum Gasteiger partial charge on any atom is -0.465 e. The molecule has 1 aromatic carbocycles. The van der Waals surface area contributed by atoms with Gasteiger partial charge in [0.2, 0.25) is 5.78 Å². The van der Waals surface area contributed by atoms with Gasteiger partial charge in [-0.3, -0.25) is 9.59 Å². The van der Waals surface area contributed by atoms with Crippen molar-refractivity contribution in [2.75, 3.05) is 14.2 Å². The fraction of sp³-hybridized carbons (Fsp3) is 0.133. The van der Waals surface area contributed by atoms with Crippen molar-refractivity contribution < 1.29 is 23.5 Å². The van der Waals surface area contributed by atoms with Crippen LogP contribution in [0.15, 0.2) is 34.7 Å². The molecule has 1 N–H and O–H groups in total. The van der Waals surface area contributed by atoms with E-state index in [0.29, 0.717) is 5.02 Å². The lowest BCUT2D eigenvalue weighted by Gasteiger charge is -2.01. The van der Waals surface area contributed by atoms with E-state index in [-0.39, 0.29) is 22.6 Å². The van der Waals surface area contributed by atoms with E-state index in [2.05, 4.69) is 10.1 Å². The van der Waals surface area contributed by atoms with Gasteiger partial charge in [0.25, 0.3) is 5.91 Å². The van der Waals surface area contributed by atoms with Crippen molar-refractivity contribution in [1.29, 1.82) is 0 Å². The molecule has 0 radical (unpaired) electrons. The lowest BCUT2D eigenvalue weighted by molar-refractivity contribution is 0.0595. The van der Waals surface area contributed by atoms with E-state index < -0.39 is 17.7 Å². The lowest BCUT2D eigenvalue weighted by Crippen LogP contribution is -2.16. The maximum Gasteiger partial charge on any atom is 0.341 e. The Balaban J connectivity index is 2.52. The van der Waals surface area contributed by atoms with Crippen molar-refractivity contribution in [3.8, 4) is 0 Å². The number of hydrogen-bond acceptors (Lipinski definition) is 5. The van der Waals surface area contributed by atoms with Crippen molar-refractivity contribution in [1.82, 2.24) is 5.32 Å². The van der Waals surface area contributed by atoms with Crippen molar-refractivity contribution in [2.45, 2.75) is 0 Å². The number of halogens is 1. The molecule has 6 nitrogen and oxygen atoms in total. The highest BCUT2D eigenvalue weighted by molar-refractivity contribution is 6.31. The van der Waals surface area contributed by atoms with Gasteiger partial charge in [-0.15, -0.1) is 0 Å². The molecule has 0 saturated heterocycles. The first-order valence-electron chi connectivity index (χ1n) is 6.22. The number of ether oxygens (including phenoxy) is 1. The van der Waals surface area contributed by atoms with Crippen LogP contribution in [0.2, 0.25) is 5.02 Å². The van der Waals surface area contributed by atoms with E-state index in [4.69, 9.17) is 16.0 Å². The first-order chi connectivity index (χ1) is 10.5. The first-order valence-corrected chi connectivity index (χ1v) is 6.60. The van der Waals surface area contributed by atoms with Crippen LogP contribution in [0.4, 0.5) is 0 Å². The second-order valence-electron chi connectivity index (χ2n) is 4.26. The molecular weight excluding hydrogens is 310 g/mol. The molecule has 114 valence electrons. The summed E-state index contributed by atoms with van der Waals surface area (Å²) < 4.78 is 9.85. The molecule has 0 spiro atoms. The van der Waals surface area contributed by atoms with E-state index in [1.54, 1.807) is 12.1 Å². The van der Waals surface area contributed by atoms with Crippen molar-refractivity contribution in [3.05, 3.63) is 58.0 Å². The van der Waals surface area contributed by atoms with Crippen LogP contribution in [-0.4, -0.2) is 31.8 Å². The number of hydrogen-bond donors (Lipinski definition) is 1. The summed E-state index contributed by atoms with van der Waals surface area (Å²) in [5.74, 6) is -2.33. The minimum atomic E-state index is -0.774. The standard InChI is InChI=1S/C15H12ClNO5/c1-17-14(19)11-7-10(15(20)21-2)13(22-11)12(18)8-4-3-5-9(16)6-8/h3-7H,1-2H3,(H,17,19). The fourth-order valence-electron chi connectivity index (χ4n) is 1.82. The van der Waals surface area contributed by atoms with Crippen LogP contribution in [0.3, 0.4) is 0 Å². The molecule has 0 atom stereocenters. The summed E-state index contributed by atoms with van der Waals surface area (Å²) in [6.07, 6.45) is 0. The number of furan rings is 1. The van der Waals surface area contributed by atoms with E-state index >= 15 is 0 Å². The van der Waals surface area contributed by atoms with Gasteiger partial charge in [0.15, 0.2) is 11.5 Å². The summed E-state index contributed by atoms with van der Waals surface area (Å²) in [7, 11) is 2.57. The van der Waals surface area contributed by atoms with E-state index in [9.17, 15) is 14.4 Å². The Hall–Kier alpha value is -2.60. The number of esters is 1. The summed E-state index contributed by atoms with van der Waals surface area (Å²) in [6, 6.07) is 7.33. The molecule has 1 amide bonds. The molecule has 0 aliphatic carbocycles. The van der Waals surface area contributed by atoms with Gasteiger partial charge in [0, 0.05) is 23.7 Å². The number of ketones is 1. The third-order valence-electron chi connectivity index (χ3n) is 2.88. The Kier molecular flexibility index (Phi) is 4.62. The van der Waals surface area contributed by atoms with Gasteiger partial charge < -0.3 is 14.5 Å². The molecule has 0 saturated carbocycles. The SMILES string of the molecule is CNC(=O)c1cc(C(=O)OC)c(C(=O)c2cccc(Cl)c2)o1. The number of benzene rings is 1. The maximum atomic E-state index is 12.5. The summed E-state index contributed by atoms with van der Waals surface area (Å²) >= 11 is 5.85. The van der Waals surface area contributed by atoms with Gasteiger partial charge in [-0.25, -0.2) is 4.79 Å². The predicted octanol–water partition coefficient (Wildman–Crippen LogP) is 2.31. The van der Waals surface area contributed by atoms with Crippen LogP contribution in [0.25, 0.3) is 0 Å². The first kappa shape index (κ1) is 15.8. The quantitative estimate of drug-likeness (QED) is 0.690. The fourth-order valence-corrected chi connectivity index (χ4v) is 2.01. The highest BCUT2D eigenvalue weighted by Crippen LogP contribution is 2.22. The third kappa shape index (κ3) is 3.01. The highest BCUT2D eigenvalue weighted by Gasteiger charge is 2.27. The Bertz CT molecular complexity index is 750. The molecule has 7 heteroatoms. The summed E-state index contributed by atoms with van der Waals surface area (Å²) in [5.41, 5.74) is 0.113. The number of rotatable bonds is 4. The molecule has 0 bridgehead atoms. The van der Waals surface area contributed by atoms with E-state index in [1.165, 1.54) is 32.4 Å². The van der Waals surface area contributed by atoms with Crippen molar-refractivity contribution in [3.63, 3.8) is 0 Å². The zero-order chi connectivity index (χ0) is 16.3. The lowest BCUT2D eigenvalue weighted by atomic mass is 10.1. The topological polar surface area (TPSA) is 85.6 Å². The molecule has 0 aliphatic rings. The number of nitrogens with one attached hydrogen (secondary N) is 1. The molecule has 2 aromatic rings. The average molecular weight is 322 g/mol. The van der Waals surface area contributed by atoms with Crippen LogP contribution < -0.4 is 5.32 Å². The Morgan fingerprint density at radius 3 is 2.55 bits per heavy atom. The van der Waals surface area contributed by atoms with Gasteiger partial charge in [-0.05, 0) is 12.1 Å². The van der Waals surface area contributed by atoms with Crippen LogP contribution in [0.1, 0.15) is 37.0 Å². The Morgan fingerprint density at radius 1 is 1.23 bits per heavy atom. The van der Waals surface area contributed by atoms with E-state index in [1.807, 2.05) is 0 Å². The maximum absolute atomic E-state index is 12.5. The van der Waals surface area contributed by atoms with Crippen LogP contribution in [0.5, 0.6) is 0 Å². The molecule has 22 heavy (non-hydrogen) atoms. The predicted molar refractivity (Wildman–Crippen MR) is 78.3 cm³/mol. The molecular formula is C15H12ClNO5. The Labute approximate surface area is 131 Å². The molecule has 0 fully saturated rings. The molecule has 0 aliphatic heterocycles. The number of carbonyl (C=O) groups is 3. The number of methoxy groups -OCH3 is 1. The highest BCUT2D eigenvalue weighted by atomic mass is 35.5. The normalized spacial score (nSPS) is 10.1. The number of amides is 1. The van der Waals surface area contributed by atoms with Crippen LogP contribution in [0, 0.1) is 0 Å². The van der Waals surface area contributed by atoms with Crippen LogP contribution >= 0.6 is 11.6 Å². The van der Waals surface area contributed by atoms with Gasteiger partial charge in [-0.1, -0.05) is 23.7 Å². The average Bonchev–Trinajstić information content (AvgIpc) is 2.97. The molecule has 0 unspecified atom stereocenters. The zero-order valence-electron chi connectivity index (χ0n) is 11.8. The Morgan fingerprint density at radius 2 is 1.95 bits per heavy atom. The largest absolute Gasteiger partial charge is 0.465 e. The van der Waals surface area contributed by atoms with Gasteiger partial charge in [0.1, 0.15) is 5.56 Å². The van der Waals surface area contributed by atoms with Crippen molar-refractivity contribution >= 4 is 29.3 Å². The third-order valence-corrected chi connectivity index (χ3v) is 3.12. The zero-order valence-corrected chi connectivity index (χ0v) is 12.6. The molecule has 2 rings (SSSR count). The summed E-state index contributed by atoms with van der Waals surface area (Å²) in [5, 5.41) is 2.71. The van der Waals surface area contributed by atoms with Gasteiger partial charge >= 0.3 is 5.97 Å². The van der Waals surface area contributed by atoms with Gasteiger partial charge in [0.05, 0.1) is 7.11 Å². The monoisotopic (exact) mass is 321 g/mol.